The highest BCUT2D eigenvalue weighted by atomic mass is 16.5. The number of hydrogen-bond donors (Lipinski definition) is 2. The molecule has 0 amide bonds. The molecule has 0 unspecified atom stereocenters. The van der Waals surface area contributed by atoms with Gasteiger partial charge in [-0.05, 0) is 19.8 Å². The summed E-state index contributed by atoms with van der Waals surface area (Å²) in [6.07, 6.45) is 1.81. The number of carbonyl (C=O) groups is 1. The molecule has 0 saturated carbocycles. The standard InChI is InChI=1S/C7H14BNO3/c1-3-7(10)12-6-4-5-9-8(2)11/h3,9,11H,1,4-6H2,2H3. The lowest BCUT2D eigenvalue weighted by molar-refractivity contribution is -0.137. The van der Waals surface area contributed by atoms with E-state index in [4.69, 9.17) is 9.76 Å². The Hall–Kier alpha value is -0.805. The smallest absolute Gasteiger partial charge is 0.373 e. The first-order valence-electron chi connectivity index (χ1n) is 3.87. The van der Waals surface area contributed by atoms with E-state index in [1.54, 1.807) is 6.82 Å². The van der Waals surface area contributed by atoms with E-state index in [0.29, 0.717) is 19.6 Å². The highest BCUT2D eigenvalue weighted by Crippen LogP contribution is 1.83. The molecule has 0 aliphatic heterocycles. The minimum atomic E-state index is -0.514. The number of nitrogens with one attached hydrogen (secondary N) is 1. The van der Waals surface area contributed by atoms with Crippen molar-refractivity contribution in [1.82, 2.24) is 5.23 Å². The van der Waals surface area contributed by atoms with Gasteiger partial charge in [-0.15, -0.1) is 0 Å². The average Bonchev–Trinajstić information content (AvgIpc) is 2.03. The lowest BCUT2D eigenvalue weighted by atomic mass is 9.89. The van der Waals surface area contributed by atoms with Gasteiger partial charge in [0.15, 0.2) is 0 Å². The van der Waals surface area contributed by atoms with Crippen LogP contribution in [0.5, 0.6) is 0 Å². The summed E-state index contributed by atoms with van der Waals surface area (Å²) in [6, 6.07) is 0. The molecule has 0 aromatic heterocycles. The van der Waals surface area contributed by atoms with Gasteiger partial charge in [0, 0.05) is 6.08 Å². The van der Waals surface area contributed by atoms with E-state index in [-0.39, 0.29) is 0 Å². The largest absolute Gasteiger partial charge is 0.462 e. The number of rotatable bonds is 6. The second-order valence-electron chi connectivity index (χ2n) is 2.36. The van der Waals surface area contributed by atoms with Crippen LogP contribution < -0.4 is 5.23 Å². The number of ether oxygens (including phenoxy) is 1. The third-order valence-corrected chi connectivity index (χ3v) is 1.17. The molecule has 0 aliphatic rings. The number of esters is 1. The van der Waals surface area contributed by atoms with E-state index < -0.39 is 13.0 Å². The third kappa shape index (κ3) is 7.30. The van der Waals surface area contributed by atoms with Gasteiger partial charge in [0.1, 0.15) is 0 Å². The van der Waals surface area contributed by atoms with E-state index >= 15 is 0 Å². The van der Waals surface area contributed by atoms with Crippen LogP contribution in [0.3, 0.4) is 0 Å². The predicted octanol–water partition coefficient (Wildman–Crippen LogP) is -0.194. The number of hydrogen-bond acceptors (Lipinski definition) is 4. The van der Waals surface area contributed by atoms with E-state index in [0.717, 1.165) is 6.08 Å². The monoisotopic (exact) mass is 171 g/mol. The summed E-state index contributed by atoms with van der Waals surface area (Å²) < 4.78 is 4.69. The van der Waals surface area contributed by atoms with Crippen molar-refractivity contribution in [1.29, 1.82) is 0 Å². The summed E-state index contributed by atoms with van der Waals surface area (Å²) in [7, 11) is -0.514. The van der Waals surface area contributed by atoms with Gasteiger partial charge in [0.2, 0.25) is 0 Å². The van der Waals surface area contributed by atoms with Crippen molar-refractivity contribution in [3.63, 3.8) is 0 Å². The summed E-state index contributed by atoms with van der Waals surface area (Å²) in [5.74, 6) is -0.410. The number of carbonyl (C=O) groups excluding carboxylic acids is 1. The highest BCUT2D eigenvalue weighted by Gasteiger charge is 2.00. The first-order chi connectivity index (χ1) is 5.66. The summed E-state index contributed by atoms with van der Waals surface area (Å²) in [6.45, 7) is 5.87. The molecule has 0 bridgehead atoms. The summed E-state index contributed by atoms with van der Waals surface area (Å²) >= 11 is 0. The maximum absolute atomic E-state index is 10.5. The molecule has 2 N–H and O–H groups in total. The lowest BCUT2D eigenvalue weighted by Crippen LogP contribution is -2.31. The average molecular weight is 171 g/mol. The van der Waals surface area contributed by atoms with Gasteiger partial charge >= 0.3 is 13.0 Å². The Bertz CT molecular complexity index is 150. The first kappa shape index (κ1) is 11.2. The summed E-state index contributed by atoms with van der Waals surface area (Å²) in [5, 5.41) is 11.5. The van der Waals surface area contributed by atoms with Crippen LogP contribution in [0, 0.1) is 0 Å². The predicted molar refractivity (Wildman–Crippen MR) is 47.6 cm³/mol. The molecular formula is C7H14BNO3. The zero-order valence-electron chi connectivity index (χ0n) is 7.25. The van der Waals surface area contributed by atoms with Crippen LogP contribution in [0.4, 0.5) is 0 Å². The van der Waals surface area contributed by atoms with Gasteiger partial charge in [0.25, 0.3) is 0 Å². The van der Waals surface area contributed by atoms with Crippen molar-refractivity contribution >= 4 is 13.0 Å². The van der Waals surface area contributed by atoms with Gasteiger partial charge in [-0.2, -0.15) is 0 Å². The molecule has 0 atom stereocenters. The van der Waals surface area contributed by atoms with Gasteiger partial charge in [-0.25, -0.2) is 4.79 Å². The Kier molecular flexibility index (Phi) is 6.42. The van der Waals surface area contributed by atoms with Crippen molar-refractivity contribution in [3.05, 3.63) is 12.7 Å². The Morgan fingerprint density at radius 3 is 3.00 bits per heavy atom. The maximum Gasteiger partial charge on any atom is 0.373 e. The first-order valence-corrected chi connectivity index (χ1v) is 3.87. The van der Waals surface area contributed by atoms with Gasteiger partial charge in [-0.3, -0.25) is 0 Å². The van der Waals surface area contributed by atoms with Crippen molar-refractivity contribution in [2.24, 2.45) is 0 Å². The molecule has 5 heteroatoms. The molecule has 0 heterocycles. The van der Waals surface area contributed by atoms with Crippen LogP contribution in [0.2, 0.25) is 6.82 Å². The van der Waals surface area contributed by atoms with Crippen LogP contribution in [0.25, 0.3) is 0 Å². The summed E-state index contributed by atoms with van der Waals surface area (Å²) in [5.41, 5.74) is 0. The molecule has 0 aliphatic carbocycles. The van der Waals surface area contributed by atoms with Crippen LogP contribution in [-0.4, -0.2) is 31.2 Å². The van der Waals surface area contributed by atoms with Crippen LogP contribution in [0.1, 0.15) is 6.42 Å². The van der Waals surface area contributed by atoms with E-state index in [1.807, 2.05) is 0 Å². The molecule has 4 nitrogen and oxygen atoms in total. The SMILES string of the molecule is C=CC(=O)OCCCNB(C)O. The zero-order valence-corrected chi connectivity index (χ0v) is 7.25. The van der Waals surface area contributed by atoms with Crippen LogP contribution in [-0.2, 0) is 9.53 Å². The molecule has 0 aromatic carbocycles. The molecule has 0 fully saturated rings. The van der Waals surface area contributed by atoms with E-state index in [1.165, 1.54) is 0 Å². The molecule has 0 aromatic rings. The van der Waals surface area contributed by atoms with Gasteiger partial charge < -0.3 is 15.0 Å². The van der Waals surface area contributed by atoms with E-state index in [9.17, 15) is 4.79 Å². The normalized spacial score (nSPS) is 9.17. The minimum absolute atomic E-state index is 0.352. The van der Waals surface area contributed by atoms with Crippen molar-refractivity contribution < 1.29 is 14.6 Å². The molecule has 68 valence electrons. The Balaban J connectivity index is 3.11. The van der Waals surface area contributed by atoms with Crippen molar-refractivity contribution in [2.45, 2.75) is 13.2 Å². The summed E-state index contributed by atoms with van der Waals surface area (Å²) in [4.78, 5) is 10.5. The molecule has 12 heavy (non-hydrogen) atoms. The van der Waals surface area contributed by atoms with Crippen LogP contribution in [0.15, 0.2) is 12.7 Å². The Morgan fingerprint density at radius 1 is 1.83 bits per heavy atom. The maximum atomic E-state index is 10.5. The molecule has 0 radical (unpaired) electrons. The second kappa shape index (κ2) is 6.88. The fourth-order valence-corrected chi connectivity index (χ4v) is 0.615. The topological polar surface area (TPSA) is 58.6 Å². The fourth-order valence-electron chi connectivity index (χ4n) is 0.615. The molecular weight excluding hydrogens is 157 g/mol. The van der Waals surface area contributed by atoms with Crippen LogP contribution >= 0.6 is 0 Å². The third-order valence-electron chi connectivity index (χ3n) is 1.17. The molecule has 0 rings (SSSR count). The quantitative estimate of drug-likeness (QED) is 0.251. The molecule has 0 spiro atoms. The fraction of sp³-hybridized carbons (Fsp3) is 0.571. The highest BCUT2D eigenvalue weighted by molar-refractivity contribution is 6.45. The van der Waals surface area contributed by atoms with Gasteiger partial charge in [0.05, 0.1) is 6.61 Å². The Morgan fingerprint density at radius 2 is 2.50 bits per heavy atom. The van der Waals surface area contributed by atoms with Gasteiger partial charge in [-0.1, -0.05) is 6.58 Å². The van der Waals surface area contributed by atoms with E-state index in [2.05, 4.69) is 11.8 Å². The minimum Gasteiger partial charge on any atom is -0.462 e. The Labute approximate surface area is 72.7 Å². The molecule has 0 saturated heterocycles. The second-order valence-corrected chi connectivity index (χ2v) is 2.36. The van der Waals surface area contributed by atoms with Crippen molar-refractivity contribution in [3.8, 4) is 0 Å². The zero-order chi connectivity index (χ0) is 9.40. The lowest BCUT2D eigenvalue weighted by Gasteiger charge is -2.03. The van der Waals surface area contributed by atoms with Crippen molar-refractivity contribution in [2.75, 3.05) is 13.2 Å².